The van der Waals surface area contributed by atoms with Gasteiger partial charge in [-0.2, -0.15) is 0 Å². The summed E-state index contributed by atoms with van der Waals surface area (Å²) >= 11 is 0. The molecule has 1 aromatic heterocycles. The maximum atomic E-state index is 13.2. The Hall–Kier alpha value is -2.63. The first-order valence-corrected chi connectivity index (χ1v) is 10.1. The molecule has 0 bridgehead atoms. The number of nitrogens with one attached hydrogen (secondary N) is 1. The first-order chi connectivity index (χ1) is 13.4. The summed E-state index contributed by atoms with van der Waals surface area (Å²) in [5.74, 6) is 1.27. The van der Waals surface area contributed by atoms with Gasteiger partial charge in [-0.15, -0.1) is 0 Å². The van der Waals surface area contributed by atoms with Crippen molar-refractivity contribution in [2.24, 2.45) is 7.05 Å². The quantitative estimate of drug-likeness (QED) is 0.788. The van der Waals surface area contributed by atoms with E-state index >= 15 is 0 Å². The first-order valence-electron chi connectivity index (χ1n) is 10.1. The van der Waals surface area contributed by atoms with Gasteiger partial charge in [0.15, 0.2) is 5.78 Å². The maximum Gasteiger partial charge on any atom is 0.277 e. The Labute approximate surface area is 165 Å². The van der Waals surface area contributed by atoms with E-state index in [1.165, 1.54) is 0 Å². The molecular weight excluding hydrogens is 354 g/mol. The van der Waals surface area contributed by atoms with Gasteiger partial charge in [-0.3, -0.25) is 14.2 Å². The molecule has 0 radical (unpaired) electrons. The number of carbonyl (C=O) groups is 1. The third-order valence-electron chi connectivity index (χ3n) is 5.62. The van der Waals surface area contributed by atoms with Crippen LogP contribution in [0.1, 0.15) is 61.6 Å². The lowest BCUT2D eigenvalue weighted by molar-refractivity contribution is 0.0994. The molecule has 0 saturated carbocycles. The van der Waals surface area contributed by atoms with Crippen LogP contribution in [0.25, 0.3) is 11.4 Å². The topological polar surface area (TPSA) is 73.2 Å². The molecule has 0 atom stereocenters. The van der Waals surface area contributed by atoms with Crippen LogP contribution < -0.4 is 15.6 Å². The molecule has 0 aliphatic heterocycles. The number of aromatic nitrogens is 2. The maximum absolute atomic E-state index is 13.2. The molecular formula is C22H29N3O3. The molecule has 28 heavy (non-hydrogen) atoms. The number of methoxy groups -OCH3 is 1. The Balaban J connectivity index is 2.18. The fraction of sp³-hybridized carbons (Fsp3) is 0.500. The lowest BCUT2D eigenvalue weighted by Crippen LogP contribution is -2.30. The Morgan fingerprint density at radius 3 is 2.46 bits per heavy atom. The van der Waals surface area contributed by atoms with Crippen molar-refractivity contribution in [2.75, 3.05) is 12.4 Å². The van der Waals surface area contributed by atoms with E-state index in [9.17, 15) is 9.59 Å². The lowest BCUT2D eigenvalue weighted by Gasteiger charge is -2.20. The second-order valence-corrected chi connectivity index (χ2v) is 7.27. The highest BCUT2D eigenvalue weighted by molar-refractivity contribution is 6.01. The van der Waals surface area contributed by atoms with E-state index in [1.807, 2.05) is 13.0 Å². The Kier molecular flexibility index (Phi) is 5.87. The standard InChI is InChI=1S/C22H29N3O3/c1-6-14(7-2)23-20-17(8-3)24-21(25(4)22(20)27)16-11-13-9-10-18(26)15(13)12-19(16)28-5/h11-12,14,23H,6-10H2,1-5H3. The van der Waals surface area contributed by atoms with E-state index in [0.29, 0.717) is 42.1 Å². The predicted octanol–water partition coefficient (Wildman–Crippen LogP) is 3.75. The summed E-state index contributed by atoms with van der Waals surface area (Å²) in [5.41, 5.74) is 3.70. The lowest BCUT2D eigenvalue weighted by atomic mass is 10.0. The SMILES string of the molecule is CCc1nc(-c2cc3c(cc2OC)C(=O)CC3)n(C)c(=O)c1NC(CC)CC. The minimum absolute atomic E-state index is 0.0904. The van der Waals surface area contributed by atoms with E-state index in [2.05, 4.69) is 19.2 Å². The van der Waals surface area contributed by atoms with Gasteiger partial charge in [-0.1, -0.05) is 20.8 Å². The van der Waals surface area contributed by atoms with Crippen LogP contribution in [0.4, 0.5) is 5.69 Å². The van der Waals surface area contributed by atoms with Crippen molar-refractivity contribution < 1.29 is 9.53 Å². The molecule has 0 unspecified atom stereocenters. The van der Waals surface area contributed by atoms with Crippen LogP contribution in [0.3, 0.4) is 0 Å². The highest BCUT2D eigenvalue weighted by Gasteiger charge is 2.25. The zero-order valence-corrected chi connectivity index (χ0v) is 17.4. The van der Waals surface area contributed by atoms with Crippen molar-refractivity contribution in [3.8, 4) is 17.1 Å². The van der Waals surface area contributed by atoms with Crippen LogP contribution in [0.2, 0.25) is 0 Å². The molecule has 0 saturated heterocycles. The number of hydrogen-bond donors (Lipinski definition) is 1. The third-order valence-corrected chi connectivity index (χ3v) is 5.62. The summed E-state index contributed by atoms with van der Waals surface area (Å²) in [6.07, 6.45) is 3.77. The summed E-state index contributed by atoms with van der Waals surface area (Å²) in [6, 6.07) is 3.98. The Morgan fingerprint density at radius 1 is 1.14 bits per heavy atom. The molecule has 0 fully saturated rings. The number of ether oxygens (including phenoxy) is 1. The summed E-state index contributed by atoms with van der Waals surface area (Å²) in [7, 11) is 3.31. The van der Waals surface area contributed by atoms with E-state index in [4.69, 9.17) is 9.72 Å². The molecule has 1 N–H and O–H groups in total. The minimum atomic E-state index is -0.0904. The highest BCUT2D eigenvalue weighted by atomic mass is 16.5. The average molecular weight is 383 g/mol. The van der Waals surface area contributed by atoms with Crippen LogP contribution in [-0.4, -0.2) is 28.5 Å². The van der Waals surface area contributed by atoms with Gasteiger partial charge in [0.2, 0.25) is 0 Å². The van der Waals surface area contributed by atoms with E-state index in [-0.39, 0.29) is 17.4 Å². The molecule has 6 nitrogen and oxygen atoms in total. The fourth-order valence-corrected chi connectivity index (χ4v) is 3.80. The molecule has 1 aliphatic carbocycles. The second-order valence-electron chi connectivity index (χ2n) is 7.27. The Morgan fingerprint density at radius 2 is 1.86 bits per heavy atom. The molecule has 0 amide bonds. The van der Waals surface area contributed by atoms with Gasteiger partial charge in [-0.25, -0.2) is 4.98 Å². The summed E-state index contributed by atoms with van der Waals surface area (Å²) in [6.45, 7) is 6.22. The number of fused-ring (bicyclic) bond motifs is 1. The fourth-order valence-electron chi connectivity index (χ4n) is 3.80. The molecule has 1 aliphatic rings. The van der Waals surface area contributed by atoms with Crippen molar-refractivity contribution in [2.45, 2.75) is 58.9 Å². The molecule has 150 valence electrons. The van der Waals surface area contributed by atoms with Crippen molar-refractivity contribution in [1.29, 1.82) is 0 Å². The van der Waals surface area contributed by atoms with Crippen LogP contribution in [-0.2, 0) is 19.9 Å². The summed E-state index contributed by atoms with van der Waals surface area (Å²) in [4.78, 5) is 30.1. The van der Waals surface area contributed by atoms with E-state index in [1.54, 1.807) is 24.8 Å². The minimum Gasteiger partial charge on any atom is -0.496 e. The monoisotopic (exact) mass is 383 g/mol. The van der Waals surface area contributed by atoms with Crippen molar-refractivity contribution in [3.05, 3.63) is 39.3 Å². The highest BCUT2D eigenvalue weighted by Crippen LogP contribution is 2.35. The normalized spacial score (nSPS) is 13.1. The largest absolute Gasteiger partial charge is 0.496 e. The van der Waals surface area contributed by atoms with Gasteiger partial charge in [0.05, 0.1) is 18.4 Å². The van der Waals surface area contributed by atoms with Crippen molar-refractivity contribution >= 4 is 11.5 Å². The van der Waals surface area contributed by atoms with Crippen LogP contribution in [0, 0.1) is 0 Å². The number of ketones is 1. The smallest absolute Gasteiger partial charge is 0.277 e. The van der Waals surface area contributed by atoms with Gasteiger partial charge in [0, 0.05) is 25.1 Å². The van der Waals surface area contributed by atoms with Crippen molar-refractivity contribution in [3.63, 3.8) is 0 Å². The van der Waals surface area contributed by atoms with Gasteiger partial charge >= 0.3 is 0 Å². The number of nitrogens with zero attached hydrogens (tertiary/aromatic N) is 2. The van der Waals surface area contributed by atoms with Crippen LogP contribution >= 0.6 is 0 Å². The third kappa shape index (κ3) is 3.43. The summed E-state index contributed by atoms with van der Waals surface area (Å²) < 4.78 is 7.12. The predicted molar refractivity (Wildman–Crippen MR) is 111 cm³/mol. The summed E-state index contributed by atoms with van der Waals surface area (Å²) in [5, 5.41) is 3.39. The number of rotatable bonds is 7. The molecule has 1 aromatic carbocycles. The molecule has 0 spiro atoms. The van der Waals surface area contributed by atoms with Crippen molar-refractivity contribution in [1.82, 2.24) is 9.55 Å². The number of carbonyl (C=O) groups excluding carboxylic acids is 1. The zero-order valence-electron chi connectivity index (χ0n) is 17.4. The number of hydrogen-bond acceptors (Lipinski definition) is 5. The Bertz CT molecular complexity index is 958. The molecule has 1 heterocycles. The van der Waals surface area contributed by atoms with Gasteiger partial charge in [-0.05, 0) is 43.4 Å². The number of Topliss-reactive ketones (excluding diaryl/α,β-unsaturated/α-hetero) is 1. The number of benzene rings is 1. The zero-order chi connectivity index (χ0) is 20.4. The van der Waals surface area contributed by atoms with Gasteiger partial charge < -0.3 is 10.1 Å². The number of aryl methyl sites for hydroxylation is 2. The number of anilines is 1. The van der Waals surface area contributed by atoms with Gasteiger partial charge in [0.1, 0.15) is 17.3 Å². The second kappa shape index (κ2) is 8.17. The van der Waals surface area contributed by atoms with Gasteiger partial charge in [0.25, 0.3) is 5.56 Å². The molecule has 2 aromatic rings. The molecule has 3 rings (SSSR count). The van der Waals surface area contributed by atoms with Crippen LogP contribution in [0.15, 0.2) is 16.9 Å². The van der Waals surface area contributed by atoms with E-state index < -0.39 is 0 Å². The van der Waals surface area contributed by atoms with Crippen LogP contribution in [0.5, 0.6) is 5.75 Å². The average Bonchev–Trinajstić information content (AvgIpc) is 3.08. The van der Waals surface area contributed by atoms with E-state index in [0.717, 1.165) is 29.7 Å². The molecule has 6 heteroatoms. The first kappa shape index (κ1) is 20.1.